The average molecular weight is 512 g/mol. The lowest BCUT2D eigenvalue weighted by atomic mass is 9.98. The Labute approximate surface area is 203 Å². The lowest BCUT2D eigenvalue weighted by Gasteiger charge is -2.33. The molecule has 0 spiro atoms. The Balaban J connectivity index is 1.88. The summed E-state index contributed by atoms with van der Waals surface area (Å²) >= 11 is 1.16. The number of nitrogens with zero attached hydrogens (tertiary/aromatic N) is 3. The molecule has 34 heavy (non-hydrogen) atoms. The van der Waals surface area contributed by atoms with Gasteiger partial charge < -0.3 is 14.4 Å². The topological polar surface area (TPSA) is 117 Å². The Morgan fingerprint density at radius 2 is 1.88 bits per heavy atom. The summed E-state index contributed by atoms with van der Waals surface area (Å²) in [7, 11) is -3.50. The highest BCUT2D eigenvalue weighted by Crippen LogP contribution is 2.26. The van der Waals surface area contributed by atoms with Crippen molar-refractivity contribution in [3.8, 4) is 5.75 Å². The first-order chi connectivity index (χ1) is 16.2. The third kappa shape index (κ3) is 6.73. The summed E-state index contributed by atoms with van der Waals surface area (Å²) < 4.78 is 39.8. The van der Waals surface area contributed by atoms with Crippen molar-refractivity contribution >= 4 is 34.0 Å². The van der Waals surface area contributed by atoms with Gasteiger partial charge in [0.2, 0.25) is 11.7 Å². The molecular weight excluding hydrogens is 482 g/mol. The van der Waals surface area contributed by atoms with Gasteiger partial charge in [0.25, 0.3) is 10.1 Å². The Kier molecular flexibility index (Phi) is 8.97. The van der Waals surface area contributed by atoms with E-state index in [2.05, 4.69) is 4.98 Å². The van der Waals surface area contributed by atoms with Crippen LogP contribution < -0.4 is 15.2 Å². The zero-order valence-corrected chi connectivity index (χ0v) is 21.1. The molecule has 1 saturated heterocycles. The van der Waals surface area contributed by atoms with Gasteiger partial charge in [0.1, 0.15) is 6.61 Å². The van der Waals surface area contributed by atoms with E-state index in [0.29, 0.717) is 31.9 Å². The van der Waals surface area contributed by atoms with Crippen molar-refractivity contribution in [1.29, 1.82) is 0 Å². The molecule has 0 radical (unpaired) electrons. The zero-order chi connectivity index (χ0) is 24.7. The summed E-state index contributed by atoms with van der Waals surface area (Å²) in [6.45, 7) is 3.08. The number of hydrogen-bond acceptors (Lipinski definition) is 10. The van der Waals surface area contributed by atoms with E-state index in [4.69, 9.17) is 13.7 Å². The molecule has 1 aliphatic heterocycles. The maximum Gasteiger partial charge on any atom is 0.361 e. The molecule has 0 aliphatic carbocycles. The highest BCUT2D eigenvalue weighted by molar-refractivity contribution is 7.97. The van der Waals surface area contributed by atoms with Gasteiger partial charge in [0.15, 0.2) is 5.69 Å². The molecule has 0 N–H and O–H groups in total. The second-order valence-electron chi connectivity index (χ2n) is 7.79. The largest absolute Gasteiger partial charge is 0.481 e. The predicted molar refractivity (Wildman–Crippen MR) is 130 cm³/mol. The van der Waals surface area contributed by atoms with E-state index in [-0.39, 0.29) is 37.2 Å². The fourth-order valence-electron chi connectivity index (χ4n) is 3.56. The van der Waals surface area contributed by atoms with Gasteiger partial charge in [-0.15, -0.1) is 0 Å². The molecule has 2 aromatic rings. The minimum atomic E-state index is -3.50. The number of aromatic nitrogens is 2. The first-order valence-electron chi connectivity index (χ1n) is 10.9. The molecule has 10 nitrogen and oxygen atoms in total. The smallest absolute Gasteiger partial charge is 0.361 e. The molecule has 186 valence electrons. The van der Waals surface area contributed by atoms with E-state index in [1.807, 2.05) is 35.2 Å². The van der Waals surface area contributed by atoms with Crippen LogP contribution in [0.4, 0.5) is 5.95 Å². The van der Waals surface area contributed by atoms with Crippen LogP contribution in [0.2, 0.25) is 0 Å². The lowest BCUT2D eigenvalue weighted by molar-refractivity contribution is 0.0513. The van der Waals surface area contributed by atoms with Gasteiger partial charge >= 0.3 is 11.5 Å². The summed E-state index contributed by atoms with van der Waals surface area (Å²) in [5.74, 6) is -0.487. The van der Waals surface area contributed by atoms with Crippen LogP contribution in [-0.4, -0.2) is 62.2 Å². The van der Waals surface area contributed by atoms with E-state index < -0.39 is 21.6 Å². The van der Waals surface area contributed by atoms with Crippen LogP contribution in [0.15, 0.2) is 35.1 Å². The number of benzene rings is 1. The monoisotopic (exact) mass is 511 g/mol. The zero-order valence-electron chi connectivity index (χ0n) is 19.4. The van der Waals surface area contributed by atoms with Crippen molar-refractivity contribution in [2.45, 2.75) is 26.4 Å². The number of carbonyl (C=O) groups excluding carboxylic acids is 1. The third-order valence-electron chi connectivity index (χ3n) is 5.28. The number of carbonyl (C=O) groups is 1. The summed E-state index contributed by atoms with van der Waals surface area (Å²) in [6.07, 6.45) is 4.08. The van der Waals surface area contributed by atoms with E-state index in [9.17, 15) is 18.0 Å². The second kappa shape index (κ2) is 11.7. The third-order valence-corrected chi connectivity index (χ3v) is 6.54. The van der Waals surface area contributed by atoms with Gasteiger partial charge in [0.05, 0.1) is 19.5 Å². The summed E-state index contributed by atoms with van der Waals surface area (Å²) in [5.41, 5.74) is 0.194. The van der Waals surface area contributed by atoms with Crippen molar-refractivity contribution in [3.05, 3.63) is 51.9 Å². The standard InChI is InChI=1S/C22H29N3O7S2/c1-4-30-21(27)18-19(31-14-16-8-6-5-7-9-16)20(26)25(33-2)22(23-18)24-12-10-17(11-13-24)15-32-34(3,28)29/h5-9,17H,4,10-15H2,1-3H3. The van der Waals surface area contributed by atoms with E-state index >= 15 is 0 Å². The fourth-order valence-corrected chi connectivity index (χ4v) is 4.57. The molecule has 0 unspecified atom stereocenters. The number of hydrogen-bond donors (Lipinski definition) is 0. The Hall–Kier alpha value is -2.57. The summed E-state index contributed by atoms with van der Waals surface area (Å²) in [6, 6.07) is 9.31. The molecule has 1 fully saturated rings. The molecular formula is C22H29N3O7S2. The quantitative estimate of drug-likeness (QED) is 0.347. The van der Waals surface area contributed by atoms with Crippen LogP contribution in [-0.2, 0) is 25.6 Å². The van der Waals surface area contributed by atoms with Crippen LogP contribution >= 0.6 is 11.9 Å². The second-order valence-corrected chi connectivity index (χ2v) is 10.2. The van der Waals surface area contributed by atoms with Crippen molar-refractivity contribution in [2.24, 2.45) is 5.92 Å². The van der Waals surface area contributed by atoms with Crippen LogP contribution in [0.3, 0.4) is 0 Å². The van der Waals surface area contributed by atoms with Gasteiger partial charge in [0, 0.05) is 19.3 Å². The molecule has 0 amide bonds. The van der Waals surface area contributed by atoms with Gasteiger partial charge in [-0.25, -0.2) is 13.8 Å². The average Bonchev–Trinajstić information content (AvgIpc) is 2.82. The van der Waals surface area contributed by atoms with E-state index in [1.54, 1.807) is 13.2 Å². The number of anilines is 1. The molecule has 12 heteroatoms. The normalized spacial score (nSPS) is 14.7. The number of esters is 1. The van der Waals surface area contributed by atoms with Crippen molar-refractivity contribution in [3.63, 3.8) is 0 Å². The minimum Gasteiger partial charge on any atom is -0.481 e. The van der Waals surface area contributed by atoms with Crippen molar-refractivity contribution < 1.29 is 26.9 Å². The van der Waals surface area contributed by atoms with Crippen LogP contribution in [0.25, 0.3) is 0 Å². The van der Waals surface area contributed by atoms with Gasteiger partial charge in [-0.05, 0) is 43.2 Å². The van der Waals surface area contributed by atoms with Gasteiger partial charge in [-0.3, -0.25) is 8.98 Å². The maximum atomic E-state index is 13.3. The molecule has 2 heterocycles. The molecule has 1 aliphatic rings. The number of ether oxygens (including phenoxy) is 2. The molecule has 1 aromatic heterocycles. The van der Waals surface area contributed by atoms with Crippen molar-refractivity contribution in [1.82, 2.24) is 8.96 Å². The predicted octanol–water partition coefficient (Wildman–Crippen LogP) is 2.32. The SMILES string of the molecule is CCOC(=O)c1nc(N2CCC(COS(C)(=O)=O)CC2)n(SC)c(=O)c1OCc1ccccc1. The minimum absolute atomic E-state index is 0.0680. The van der Waals surface area contributed by atoms with E-state index in [1.165, 1.54) is 3.97 Å². The van der Waals surface area contributed by atoms with Crippen molar-refractivity contribution in [2.75, 3.05) is 43.7 Å². The fraction of sp³-hybridized carbons (Fsp3) is 0.500. The first kappa shape index (κ1) is 26.0. The molecule has 1 aromatic carbocycles. The Morgan fingerprint density at radius 3 is 2.47 bits per heavy atom. The van der Waals surface area contributed by atoms with Crippen LogP contribution in [0.1, 0.15) is 35.8 Å². The number of rotatable bonds is 10. The number of piperidine rings is 1. The maximum absolute atomic E-state index is 13.3. The lowest BCUT2D eigenvalue weighted by Crippen LogP contribution is -2.39. The molecule has 3 rings (SSSR count). The molecule has 0 saturated carbocycles. The highest BCUT2D eigenvalue weighted by atomic mass is 32.2. The van der Waals surface area contributed by atoms with Gasteiger partial charge in [-0.1, -0.05) is 30.3 Å². The summed E-state index contributed by atoms with van der Waals surface area (Å²) in [4.78, 5) is 32.4. The summed E-state index contributed by atoms with van der Waals surface area (Å²) in [5, 5.41) is 0. The van der Waals surface area contributed by atoms with E-state index in [0.717, 1.165) is 23.8 Å². The molecule has 0 atom stereocenters. The van der Waals surface area contributed by atoms with Crippen LogP contribution in [0.5, 0.6) is 5.75 Å². The Bertz CT molecular complexity index is 1150. The molecule has 0 bridgehead atoms. The van der Waals surface area contributed by atoms with Crippen LogP contribution in [0, 0.1) is 5.92 Å². The van der Waals surface area contributed by atoms with Gasteiger partial charge in [-0.2, -0.15) is 8.42 Å². The Morgan fingerprint density at radius 1 is 1.21 bits per heavy atom. The first-order valence-corrected chi connectivity index (χ1v) is 13.9. The highest BCUT2D eigenvalue weighted by Gasteiger charge is 2.29.